The zero-order valence-electron chi connectivity index (χ0n) is 15.1. The Morgan fingerprint density at radius 3 is 2.16 bits per heavy atom. The fourth-order valence-corrected chi connectivity index (χ4v) is 5.16. The lowest BCUT2D eigenvalue weighted by atomic mass is 10.2. The number of aryl methyl sites for hydroxylation is 1. The van der Waals surface area contributed by atoms with Gasteiger partial charge < -0.3 is 4.90 Å². The zero-order valence-corrected chi connectivity index (χ0v) is 16.8. The van der Waals surface area contributed by atoms with Gasteiger partial charge in [-0.25, -0.2) is 0 Å². The number of hydrogen-bond acceptors (Lipinski definition) is 4. The van der Waals surface area contributed by atoms with Gasteiger partial charge in [-0.3, -0.25) is 4.79 Å². The Morgan fingerprint density at radius 1 is 1.08 bits per heavy atom. The minimum Gasteiger partial charge on any atom is -0.339 e. The molecule has 1 heterocycles. The maximum Gasteiger partial charge on any atom is 0.282 e. The summed E-state index contributed by atoms with van der Waals surface area (Å²) in [7, 11) is -3.41. The van der Waals surface area contributed by atoms with Gasteiger partial charge in [-0.2, -0.15) is 17.0 Å². The second-order valence-electron chi connectivity index (χ2n) is 5.97. The minimum absolute atomic E-state index is 0.0606. The summed E-state index contributed by atoms with van der Waals surface area (Å²) in [5.74, 6) is 0.441. The van der Waals surface area contributed by atoms with E-state index in [9.17, 15) is 13.2 Å². The number of carbonyl (C=O) groups excluding carboxylic acids is 1. The van der Waals surface area contributed by atoms with E-state index < -0.39 is 10.2 Å². The van der Waals surface area contributed by atoms with Crippen molar-refractivity contribution in [3.05, 3.63) is 29.8 Å². The molecule has 0 aromatic heterocycles. The molecule has 1 aliphatic heterocycles. The van der Waals surface area contributed by atoms with Crippen LogP contribution in [0, 0.1) is 6.92 Å². The fourth-order valence-electron chi connectivity index (χ4n) is 2.75. The van der Waals surface area contributed by atoms with E-state index in [2.05, 4.69) is 0 Å². The number of nitrogens with zero attached hydrogens (tertiary/aromatic N) is 3. The van der Waals surface area contributed by atoms with Crippen LogP contribution in [-0.2, 0) is 15.0 Å². The summed E-state index contributed by atoms with van der Waals surface area (Å²) in [4.78, 5) is 15.2. The zero-order chi connectivity index (χ0) is 18.4. The minimum atomic E-state index is -3.41. The van der Waals surface area contributed by atoms with Crippen molar-refractivity contribution >= 4 is 27.9 Å². The van der Waals surface area contributed by atoms with Gasteiger partial charge in [0.25, 0.3) is 10.2 Å². The third-order valence-corrected chi connectivity index (χ3v) is 7.52. The number of amides is 1. The molecule has 0 aliphatic carbocycles. The molecule has 25 heavy (non-hydrogen) atoms. The summed E-state index contributed by atoms with van der Waals surface area (Å²) >= 11 is 1.52. The molecule has 0 unspecified atom stereocenters. The van der Waals surface area contributed by atoms with Crippen molar-refractivity contribution in [1.29, 1.82) is 0 Å². The normalized spacial score (nSPS) is 16.4. The Balaban J connectivity index is 1.84. The Morgan fingerprint density at radius 2 is 1.64 bits per heavy atom. The molecule has 0 spiro atoms. The molecule has 1 fully saturated rings. The van der Waals surface area contributed by atoms with Crippen molar-refractivity contribution in [3.63, 3.8) is 0 Å². The second-order valence-corrected chi connectivity index (χ2v) is 8.95. The lowest BCUT2D eigenvalue weighted by Gasteiger charge is -2.36. The average molecular weight is 386 g/mol. The van der Waals surface area contributed by atoms with Gasteiger partial charge in [0.1, 0.15) is 0 Å². The van der Waals surface area contributed by atoms with Crippen LogP contribution in [0.25, 0.3) is 0 Å². The lowest BCUT2D eigenvalue weighted by molar-refractivity contribution is -0.129. The molecule has 140 valence electrons. The van der Waals surface area contributed by atoms with Crippen LogP contribution in [0.5, 0.6) is 0 Å². The summed E-state index contributed by atoms with van der Waals surface area (Å²) in [5, 5.41) is 0. The molecule has 2 rings (SSSR count). The predicted octanol–water partition coefficient (Wildman–Crippen LogP) is 1.82. The Kier molecular flexibility index (Phi) is 7.30. The Bertz CT molecular complexity index is 665. The molecular formula is C17H27N3O3S2. The summed E-state index contributed by atoms with van der Waals surface area (Å²) in [5.41, 5.74) is 1.20. The molecule has 1 aliphatic rings. The third kappa shape index (κ3) is 5.20. The van der Waals surface area contributed by atoms with Crippen molar-refractivity contribution in [3.8, 4) is 0 Å². The van der Waals surface area contributed by atoms with E-state index in [-0.39, 0.29) is 5.91 Å². The number of rotatable bonds is 7. The van der Waals surface area contributed by atoms with Crippen LogP contribution < -0.4 is 0 Å². The standard InChI is InChI=1S/C17H27N3O3S2/c1-4-19(5-2)25(22,23)20-12-10-18(11-13-20)17(21)14-24-16-8-6-15(3)7-9-16/h6-9H,4-5,10-14H2,1-3H3. The van der Waals surface area contributed by atoms with Crippen LogP contribution >= 0.6 is 11.8 Å². The van der Waals surface area contributed by atoms with Crippen LogP contribution in [-0.4, -0.2) is 72.9 Å². The largest absolute Gasteiger partial charge is 0.339 e. The van der Waals surface area contributed by atoms with Crippen LogP contribution in [0.1, 0.15) is 19.4 Å². The first-order valence-corrected chi connectivity index (χ1v) is 11.0. The van der Waals surface area contributed by atoms with E-state index in [0.717, 1.165) is 4.90 Å². The fraction of sp³-hybridized carbons (Fsp3) is 0.588. The highest BCUT2D eigenvalue weighted by Gasteiger charge is 2.31. The van der Waals surface area contributed by atoms with E-state index in [0.29, 0.717) is 45.0 Å². The third-order valence-electron chi connectivity index (χ3n) is 4.33. The number of hydrogen-bond donors (Lipinski definition) is 0. The topological polar surface area (TPSA) is 60.9 Å². The first-order valence-electron chi connectivity index (χ1n) is 8.61. The maximum absolute atomic E-state index is 12.5. The van der Waals surface area contributed by atoms with Crippen LogP contribution in [0.15, 0.2) is 29.2 Å². The van der Waals surface area contributed by atoms with E-state index in [1.165, 1.54) is 25.9 Å². The number of benzene rings is 1. The van der Waals surface area contributed by atoms with Crippen molar-refractivity contribution in [2.24, 2.45) is 0 Å². The van der Waals surface area contributed by atoms with E-state index in [4.69, 9.17) is 0 Å². The van der Waals surface area contributed by atoms with Gasteiger partial charge in [0.2, 0.25) is 5.91 Å². The maximum atomic E-state index is 12.5. The van der Waals surface area contributed by atoms with E-state index >= 15 is 0 Å². The number of thioether (sulfide) groups is 1. The van der Waals surface area contributed by atoms with Crippen LogP contribution in [0.3, 0.4) is 0 Å². The molecule has 1 saturated heterocycles. The quantitative estimate of drug-likeness (QED) is 0.672. The highest BCUT2D eigenvalue weighted by molar-refractivity contribution is 8.00. The molecule has 1 aromatic carbocycles. The molecule has 0 bridgehead atoms. The van der Waals surface area contributed by atoms with E-state index in [1.807, 2.05) is 45.0 Å². The van der Waals surface area contributed by atoms with Crippen molar-refractivity contribution in [1.82, 2.24) is 13.5 Å². The molecule has 1 amide bonds. The second kappa shape index (κ2) is 9.02. The van der Waals surface area contributed by atoms with Crippen molar-refractivity contribution in [2.75, 3.05) is 45.0 Å². The van der Waals surface area contributed by atoms with Gasteiger partial charge in [0.05, 0.1) is 5.75 Å². The smallest absolute Gasteiger partial charge is 0.282 e. The first-order chi connectivity index (χ1) is 11.9. The van der Waals surface area contributed by atoms with Gasteiger partial charge >= 0.3 is 0 Å². The molecular weight excluding hydrogens is 358 g/mol. The number of piperazine rings is 1. The lowest BCUT2D eigenvalue weighted by Crippen LogP contribution is -2.54. The van der Waals surface area contributed by atoms with Crippen molar-refractivity contribution < 1.29 is 13.2 Å². The van der Waals surface area contributed by atoms with Gasteiger partial charge in [0, 0.05) is 44.2 Å². The summed E-state index contributed by atoms with van der Waals surface area (Å²) in [6.07, 6.45) is 0. The van der Waals surface area contributed by atoms with Gasteiger partial charge in [-0.05, 0) is 19.1 Å². The molecule has 0 atom stereocenters. The molecule has 0 saturated carbocycles. The molecule has 1 aromatic rings. The summed E-state index contributed by atoms with van der Waals surface area (Å²) < 4.78 is 28.0. The molecule has 0 N–H and O–H groups in total. The predicted molar refractivity (Wildman–Crippen MR) is 102 cm³/mol. The average Bonchev–Trinajstić information content (AvgIpc) is 2.62. The van der Waals surface area contributed by atoms with Crippen LogP contribution in [0.2, 0.25) is 0 Å². The van der Waals surface area contributed by atoms with E-state index in [1.54, 1.807) is 4.90 Å². The summed E-state index contributed by atoms with van der Waals surface area (Å²) in [6, 6.07) is 8.09. The van der Waals surface area contributed by atoms with Crippen molar-refractivity contribution in [2.45, 2.75) is 25.7 Å². The van der Waals surface area contributed by atoms with Crippen LogP contribution in [0.4, 0.5) is 0 Å². The molecule has 8 heteroatoms. The Hall–Kier alpha value is -1.09. The van der Waals surface area contributed by atoms with Gasteiger partial charge in [0.15, 0.2) is 0 Å². The first kappa shape index (κ1) is 20.2. The molecule has 0 radical (unpaired) electrons. The SMILES string of the molecule is CCN(CC)S(=O)(=O)N1CCN(C(=O)CSc2ccc(C)cc2)CC1. The monoisotopic (exact) mass is 385 g/mol. The summed E-state index contributed by atoms with van der Waals surface area (Å²) in [6.45, 7) is 8.26. The highest BCUT2D eigenvalue weighted by atomic mass is 32.2. The highest BCUT2D eigenvalue weighted by Crippen LogP contribution is 2.19. The van der Waals surface area contributed by atoms with Gasteiger partial charge in [-0.15, -0.1) is 11.8 Å². The number of carbonyl (C=O) groups is 1. The Labute approximate surface area is 155 Å². The van der Waals surface area contributed by atoms with Gasteiger partial charge in [-0.1, -0.05) is 31.5 Å². The molecule has 6 nitrogen and oxygen atoms in total.